The van der Waals surface area contributed by atoms with Crippen molar-refractivity contribution >= 4 is 11.3 Å². The fourth-order valence-corrected chi connectivity index (χ4v) is 2.65. The molecule has 0 saturated carbocycles. The first-order chi connectivity index (χ1) is 8.77. The average molecular weight is 248 g/mol. The van der Waals surface area contributed by atoms with E-state index in [1.165, 1.54) is 0 Å². The van der Waals surface area contributed by atoms with E-state index in [1.54, 1.807) is 6.07 Å². The maximum atomic E-state index is 14.3. The third-order valence-electron chi connectivity index (χ3n) is 3.55. The van der Waals surface area contributed by atoms with E-state index in [2.05, 4.69) is 5.32 Å². The van der Waals surface area contributed by atoms with Crippen molar-refractivity contribution in [3.8, 4) is 5.75 Å². The second-order valence-corrected chi connectivity index (χ2v) is 4.78. The minimum absolute atomic E-state index is 0.229. The third kappa shape index (κ3) is 1.86. The monoisotopic (exact) mass is 248 g/mol. The van der Waals surface area contributed by atoms with E-state index in [9.17, 15) is 4.39 Å². The van der Waals surface area contributed by atoms with Crippen molar-refractivity contribution in [2.75, 3.05) is 25.4 Å². The molecule has 3 nitrogen and oxygen atoms in total. The summed E-state index contributed by atoms with van der Waals surface area (Å²) in [5, 5.41) is 3.28. The van der Waals surface area contributed by atoms with Gasteiger partial charge in [0.15, 0.2) is 5.82 Å². The Balaban J connectivity index is 2.12. The van der Waals surface area contributed by atoms with Crippen LogP contribution in [-0.4, -0.2) is 19.7 Å². The van der Waals surface area contributed by atoms with Crippen molar-refractivity contribution in [1.29, 1.82) is 0 Å². The van der Waals surface area contributed by atoms with Gasteiger partial charge in [-0.15, -0.1) is 0 Å². The Hall–Kier alpha value is -1.55. The lowest BCUT2D eigenvalue weighted by molar-refractivity contribution is 0.354. The smallest absolute Gasteiger partial charge is 0.157 e. The quantitative estimate of drug-likeness (QED) is 0.748. The van der Waals surface area contributed by atoms with Crippen LogP contribution in [0.15, 0.2) is 12.1 Å². The molecule has 2 heterocycles. The number of hydrogen-bond acceptors (Lipinski definition) is 3. The summed E-state index contributed by atoms with van der Waals surface area (Å²) in [4.78, 5) is 0. The van der Waals surface area contributed by atoms with Crippen LogP contribution in [0.2, 0.25) is 0 Å². The van der Waals surface area contributed by atoms with Gasteiger partial charge in [-0.05, 0) is 31.0 Å². The number of ether oxygens (including phenoxy) is 1. The van der Waals surface area contributed by atoms with Crippen LogP contribution in [0, 0.1) is 5.82 Å². The van der Waals surface area contributed by atoms with Crippen molar-refractivity contribution in [2.24, 2.45) is 0 Å². The predicted octanol–water partition coefficient (Wildman–Crippen LogP) is 2.11. The summed E-state index contributed by atoms with van der Waals surface area (Å²) >= 11 is 0. The Morgan fingerprint density at radius 2 is 2.22 bits per heavy atom. The molecule has 0 spiro atoms. The van der Waals surface area contributed by atoms with Crippen molar-refractivity contribution < 1.29 is 9.13 Å². The van der Waals surface area contributed by atoms with Gasteiger partial charge in [0.1, 0.15) is 5.75 Å². The van der Waals surface area contributed by atoms with Crippen LogP contribution in [0.4, 0.5) is 10.1 Å². The summed E-state index contributed by atoms with van der Waals surface area (Å²) in [6.45, 7) is 2.36. The van der Waals surface area contributed by atoms with Crippen LogP contribution in [0.3, 0.4) is 0 Å². The number of nitrogens with one attached hydrogen (secondary N) is 1. The zero-order valence-corrected chi connectivity index (χ0v) is 10.3. The molecular weight excluding hydrogens is 231 g/mol. The van der Waals surface area contributed by atoms with Gasteiger partial charge in [-0.1, -0.05) is 6.08 Å². The number of halogens is 1. The molecule has 1 aromatic rings. The van der Waals surface area contributed by atoms with Crippen molar-refractivity contribution in [3.05, 3.63) is 29.1 Å². The summed E-state index contributed by atoms with van der Waals surface area (Å²) in [6, 6.07) is 1.71. The zero-order chi connectivity index (χ0) is 12.5. The van der Waals surface area contributed by atoms with Crippen LogP contribution in [-0.2, 0) is 6.42 Å². The zero-order valence-electron chi connectivity index (χ0n) is 10.3. The molecular formula is C14H17FN2O. The number of allylic oxidation sites excluding steroid dienone is 1. The highest BCUT2D eigenvalue weighted by Crippen LogP contribution is 2.40. The minimum Gasteiger partial charge on any atom is -0.492 e. The molecule has 0 radical (unpaired) electrons. The van der Waals surface area contributed by atoms with E-state index in [0.717, 1.165) is 43.5 Å². The number of nitrogens with two attached hydrogens (primary N) is 1. The maximum absolute atomic E-state index is 14.3. The Labute approximate surface area is 106 Å². The maximum Gasteiger partial charge on any atom is 0.157 e. The molecule has 2 aliphatic rings. The van der Waals surface area contributed by atoms with Crippen LogP contribution in [0.5, 0.6) is 5.75 Å². The largest absolute Gasteiger partial charge is 0.492 e. The van der Waals surface area contributed by atoms with Gasteiger partial charge in [-0.3, -0.25) is 0 Å². The predicted molar refractivity (Wildman–Crippen MR) is 70.1 cm³/mol. The Bertz CT molecular complexity index is 511. The molecule has 0 aromatic heterocycles. The second kappa shape index (κ2) is 4.61. The number of benzene rings is 1. The van der Waals surface area contributed by atoms with Gasteiger partial charge in [0.25, 0.3) is 0 Å². The minimum atomic E-state index is -0.330. The summed E-state index contributed by atoms with van der Waals surface area (Å²) in [6.07, 6.45) is 4.74. The van der Waals surface area contributed by atoms with Crippen molar-refractivity contribution in [2.45, 2.75) is 19.3 Å². The van der Waals surface area contributed by atoms with Gasteiger partial charge in [-0.2, -0.15) is 0 Å². The van der Waals surface area contributed by atoms with Gasteiger partial charge < -0.3 is 15.8 Å². The van der Waals surface area contributed by atoms with Crippen LogP contribution < -0.4 is 15.8 Å². The van der Waals surface area contributed by atoms with Crippen LogP contribution >= 0.6 is 0 Å². The number of fused-ring (bicyclic) bond motifs is 1. The lowest BCUT2D eigenvalue weighted by Gasteiger charge is -2.13. The van der Waals surface area contributed by atoms with E-state index in [4.69, 9.17) is 10.5 Å². The first-order valence-electron chi connectivity index (χ1n) is 6.41. The SMILES string of the molecule is Nc1cc2c(c(C3=CCNCCC3)c1F)OCC2. The Morgan fingerprint density at radius 1 is 1.33 bits per heavy atom. The normalized spacial score (nSPS) is 18.8. The molecule has 3 N–H and O–H groups in total. The van der Waals surface area contributed by atoms with Gasteiger partial charge in [0.05, 0.1) is 17.9 Å². The van der Waals surface area contributed by atoms with Crippen LogP contribution in [0.25, 0.3) is 5.57 Å². The van der Waals surface area contributed by atoms with Crippen LogP contribution in [0.1, 0.15) is 24.0 Å². The summed E-state index contributed by atoms with van der Waals surface area (Å²) in [5.41, 5.74) is 8.63. The molecule has 1 aromatic carbocycles. The Kier molecular flexibility index (Phi) is 2.96. The number of nitrogen functional groups attached to an aromatic ring is 1. The summed E-state index contributed by atoms with van der Waals surface area (Å²) in [5.74, 6) is 0.374. The first-order valence-corrected chi connectivity index (χ1v) is 6.41. The molecule has 0 aliphatic carbocycles. The topological polar surface area (TPSA) is 47.3 Å². The first kappa shape index (κ1) is 11.5. The molecule has 96 valence electrons. The summed E-state index contributed by atoms with van der Waals surface area (Å²) < 4.78 is 19.9. The van der Waals surface area contributed by atoms with Gasteiger partial charge >= 0.3 is 0 Å². The summed E-state index contributed by atoms with van der Waals surface area (Å²) in [7, 11) is 0. The van der Waals surface area contributed by atoms with E-state index in [1.807, 2.05) is 6.08 Å². The van der Waals surface area contributed by atoms with E-state index >= 15 is 0 Å². The molecule has 0 amide bonds. The number of hydrogen-bond donors (Lipinski definition) is 2. The number of rotatable bonds is 1. The Morgan fingerprint density at radius 3 is 3.11 bits per heavy atom. The van der Waals surface area contributed by atoms with E-state index in [0.29, 0.717) is 17.9 Å². The van der Waals surface area contributed by atoms with Crippen molar-refractivity contribution in [3.63, 3.8) is 0 Å². The molecule has 0 bridgehead atoms. The fraction of sp³-hybridized carbons (Fsp3) is 0.429. The molecule has 3 rings (SSSR count). The molecule has 0 saturated heterocycles. The highest BCUT2D eigenvalue weighted by Gasteiger charge is 2.24. The number of anilines is 1. The third-order valence-corrected chi connectivity index (χ3v) is 3.55. The molecule has 18 heavy (non-hydrogen) atoms. The van der Waals surface area contributed by atoms with Crippen molar-refractivity contribution in [1.82, 2.24) is 5.32 Å². The molecule has 0 fully saturated rings. The van der Waals surface area contributed by atoms with Gasteiger partial charge in [0, 0.05) is 18.5 Å². The van der Waals surface area contributed by atoms with Gasteiger partial charge in [-0.25, -0.2) is 4.39 Å². The fourth-order valence-electron chi connectivity index (χ4n) is 2.65. The average Bonchev–Trinajstić information content (AvgIpc) is 2.64. The van der Waals surface area contributed by atoms with E-state index in [-0.39, 0.29) is 11.5 Å². The molecule has 0 atom stereocenters. The molecule has 2 aliphatic heterocycles. The van der Waals surface area contributed by atoms with Gasteiger partial charge in [0.2, 0.25) is 0 Å². The lowest BCUT2D eigenvalue weighted by Crippen LogP contribution is -2.12. The highest BCUT2D eigenvalue weighted by molar-refractivity contribution is 5.76. The molecule has 4 heteroatoms. The highest BCUT2D eigenvalue weighted by atomic mass is 19.1. The lowest BCUT2D eigenvalue weighted by atomic mass is 9.96. The molecule has 0 unspecified atom stereocenters. The second-order valence-electron chi connectivity index (χ2n) is 4.78. The van der Waals surface area contributed by atoms with E-state index < -0.39 is 0 Å². The standard InChI is InChI=1S/C14H17FN2O/c15-13-11(16)8-10-4-7-18-14(10)12(13)9-2-1-5-17-6-3-9/h3,8,17H,1-2,4-7,16H2.